The van der Waals surface area contributed by atoms with Crippen molar-refractivity contribution in [3.8, 4) is 0 Å². The van der Waals surface area contributed by atoms with Gasteiger partial charge in [-0.2, -0.15) is 0 Å². The minimum atomic E-state index is -3.14. The molecule has 0 aromatic rings. The van der Waals surface area contributed by atoms with E-state index in [4.69, 9.17) is 24.9 Å². The number of rotatable bonds is 9. The highest BCUT2D eigenvalue weighted by Gasteiger charge is 2.48. The van der Waals surface area contributed by atoms with Crippen LogP contribution in [0.25, 0.3) is 0 Å². The Morgan fingerprint density at radius 2 is 1.47 bits per heavy atom. The molecule has 0 aromatic heterocycles. The maximum atomic E-state index is 11.8. The monoisotopic (exact) mass is 254 g/mol. The van der Waals surface area contributed by atoms with E-state index < -0.39 is 8.80 Å². The SMILES string of the molecule is CCO[Si](OCC)(OCC)C(=O)CCCl. The molecule has 0 heterocycles. The molecule has 0 rings (SSSR count). The molecule has 0 aliphatic heterocycles. The maximum absolute atomic E-state index is 11.8. The smallest absolute Gasteiger partial charge is 0.369 e. The van der Waals surface area contributed by atoms with E-state index in [1.807, 2.05) is 20.8 Å². The standard InChI is InChI=1S/C9H19ClO4Si/c1-4-12-15(13-5-2,14-6-3)9(11)7-8-10/h4-8H2,1-3H3. The molecule has 0 N–H and O–H groups in total. The summed E-state index contributed by atoms with van der Waals surface area (Å²) in [5.74, 6) is 0.265. The molecule has 0 saturated heterocycles. The summed E-state index contributed by atoms with van der Waals surface area (Å²) < 4.78 is 16.2. The second-order valence-electron chi connectivity index (χ2n) is 2.72. The first-order valence-corrected chi connectivity index (χ1v) is 7.43. The van der Waals surface area contributed by atoms with Crippen LogP contribution < -0.4 is 0 Å². The zero-order valence-corrected chi connectivity index (χ0v) is 11.3. The van der Waals surface area contributed by atoms with Crippen LogP contribution in [0.1, 0.15) is 27.2 Å². The van der Waals surface area contributed by atoms with E-state index in [1.54, 1.807) is 0 Å². The molecule has 0 radical (unpaired) electrons. The Balaban J connectivity index is 4.65. The van der Waals surface area contributed by atoms with E-state index in [2.05, 4.69) is 0 Å². The molecule has 0 unspecified atom stereocenters. The molecule has 0 aliphatic carbocycles. The van der Waals surface area contributed by atoms with Gasteiger partial charge in [-0.3, -0.25) is 4.79 Å². The van der Waals surface area contributed by atoms with Crippen LogP contribution >= 0.6 is 11.6 Å². The van der Waals surface area contributed by atoms with Gasteiger partial charge in [0.1, 0.15) is 0 Å². The lowest BCUT2D eigenvalue weighted by molar-refractivity contribution is -0.119. The molecule has 0 aromatic carbocycles. The zero-order valence-electron chi connectivity index (χ0n) is 9.55. The van der Waals surface area contributed by atoms with Crippen LogP contribution in [0.3, 0.4) is 0 Å². The van der Waals surface area contributed by atoms with E-state index in [0.717, 1.165) is 0 Å². The fourth-order valence-electron chi connectivity index (χ4n) is 1.18. The quantitative estimate of drug-likeness (QED) is 0.465. The molecule has 4 nitrogen and oxygen atoms in total. The topological polar surface area (TPSA) is 44.8 Å². The number of carbonyl (C=O) groups excluding carboxylic acids is 1. The zero-order chi connectivity index (χ0) is 11.7. The van der Waals surface area contributed by atoms with Gasteiger partial charge in [0.2, 0.25) is 5.41 Å². The van der Waals surface area contributed by atoms with Crippen molar-refractivity contribution >= 4 is 25.8 Å². The van der Waals surface area contributed by atoms with Gasteiger partial charge in [0.25, 0.3) is 0 Å². The van der Waals surface area contributed by atoms with Crippen LogP contribution in [0.4, 0.5) is 0 Å². The number of halogens is 1. The highest BCUT2D eigenvalue weighted by molar-refractivity contribution is 6.92. The molecule has 0 atom stereocenters. The third-order valence-corrected chi connectivity index (χ3v) is 4.79. The average molecular weight is 255 g/mol. The van der Waals surface area contributed by atoms with Crippen LogP contribution in [0.2, 0.25) is 0 Å². The first kappa shape index (κ1) is 15.1. The van der Waals surface area contributed by atoms with Crippen molar-refractivity contribution in [2.75, 3.05) is 25.7 Å². The molecule has 0 saturated carbocycles. The van der Waals surface area contributed by atoms with Gasteiger partial charge in [0.05, 0.1) is 0 Å². The second kappa shape index (κ2) is 8.24. The summed E-state index contributed by atoms with van der Waals surface area (Å²) in [6.07, 6.45) is 0.230. The van der Waals surface area contributed by atoms with Crippen molar-refractivity contribution in [1.29, 1.82) is 0 Å². The summed E-state index contributed by atoms with van der Waals surface area (Å²) in [6, 6.07) is 0. The third kappa shape index (κ3) is 4.61. The fraction of sp³-hybridized carbons (Fsp3) is 0.889. The molecule has 0 aliphatic rings. The Labute approximate surface area is 97.2 Å². The van der Waals surface area contributed by atoms with Crippen LogP contribution in [0, 0.1) is 0 Å². The van der Waals surface area contributed by atoms with Crippen molar-refractivity contribution in [3.05, 3.63) is 0 Å². The van der Waals surface area contributed by atoms with Gasteiger partial charge in [-0.05, 0) is 20.8 Å². The molecule has 0 spiro atoms. The lowest BCUT2D eigenvalue weighted by Crippen LogP contribution is -2.54. The van der Waals surface area contributed by atoms with E-state index in [9.17, 15) is 4.79 Å². The van der Waals surface area contributed by atoms with Crippen molar-refractivity contribution < 1.29 is 18.1 Å². The highest BCUT2D eigenvalue weighted by Crippen LogP contribution is 2.13. The molecular formula is C9H19ClO4Si. The van der Waals surface area contributed by atoms with Crippen LogP contribution in [0.5, 0.6) is 0 Å². The minimum absolute atomic E-state index is 0.136. The summed E-state index contributed by atoms with van der Waals surface area (Å²) in [6.45, 7) is 6.65. The first-order chi connectivity index (χ1) is 7.16. The number of alkyl halides is 1. The molecule has 15 heavy (non-hydrogen) atoms. The van der Waals surface area contributed by atoms with Gasteiger partial charge < -0.3 is 13.3 Å². The van der Waals surface area contributed by atoms with E-state index in [-0.39, 0.29) is 17.7 Å². The summed E-state index contributed by atoms with van der Waals surface area (Å²) in [5.41, 5.74) is 0. The van der Waals surface area contributed by atoms with Crippen LogP contribution in [0.15, 0.2) is 0 Å². The van der Waals surface area contributed by atoms with Crippen molar-refractivity contribution in [3.63, 3.8) is 0 Å². The predicted molar refractivity (Wildman–Crippen MR) is 61.0 cm³/mol. The molecule has 0 fully saturated rings. The molecule has 0 bridgehead atoms. The predicted octanol–water partition coefficient (Wildman–Crippen LogP) is 1.77. The Bertz CT molecular complexity index is 172. The van der Waals surface area contributed by atoms with E-state index in [0.29, 0.717) is 19.8 Å². The lowest BCUT2D eigenvalue weighted by Gasteiger charge is -2.26. The second-order valence-corrected chi connectivity index (χ2v) is 5.63. The third-order valence-electron chi connectivity index (χ3n) is 1.67. The Hall–Kier alpha value is 0.0569. The van der Waals surface area contributed by atoms with Crippen LogP contribution in [-0.4, -0.2) is 39.9 Å². The van der Waals surface area contributed by atoms with Crippen molar-refractivity contribution in [1.82, 2.24) is 0 Å². The number of carbonyl (C=O) groups is 1. The van der Waals surface area contributed by atoms with Gasteiger partial charge >= 0.3 is 8.80 Å². The van der Waals surface area contributed by atoms with Gasteiger partial charge in [-0.25, -0.2) is 0 Å². The summed E-state index contributed by atoms with van der Waals surface area (Å²) >= 11 is 5.54. The average Bonchev–Trinajstić information content (AvgIpc) is 2.19. The highest BCUT2D eigenvalue weighted by atomic mass is 35.5. The largest absolute Gasteiger partial charge is 0.574 e. The van der Waals surface area contributed by atoms with Gasteiger partial charge in [0, 0.05) is 32.1 Å². The summed E-state index contributed by atoms with van der Waals surface area (Å²) in [7, 11) is -3.14. The summed E-state index contributed by atoms with van der Waals surface area (Å²) in [4.78, 5) is 11.8. The van der Waals surface area contributed by atoms with Gasteiger partial charge in [-0.15, -0.1) is 11.6 Å². The Kier molecular flexibility index (Phi) is 8.27. The molecule has 6 heteroatoms. The van der Waals surface area contributed by atoms with Crippen molar-refractivity contribution in [2.24, 2.45) is 0 Å². The van der Waals surface area contributed by atoms with Crippen molar-refractivity contribution in [2.45, 2.75) is 27.2 Å². The fourth-order valence-corrected chi connectivity index (χ4v) is 3.81. The van der Waals surface area contributed by atoms with Crippen LogP contribution in [-0.2, 0) is 18.1 Å². The Morgan fingerprint density at radius 3 is 1.73 bits per heavy atom. The molecular weight excluding hydrogens is 236 g/mol. The first-order valence-electron chi connectivity index (χ1n) is 5.17. The number of hydrogen-bond acceptors (Lipinski definition) is 4. The van der Waals surface area contributed by atoms with E-state index >= 15 is 0 Å². The maximum Gasteiger partial charge on any atom is 0.574 e. The number of hydrogen-bond donors (Lipinski definition) is 0. The van der Waals surface area contributed by atoms with E-state index in [1.165, 1.54) is 0 Å². The minimum Gasteiger partial charge on any atom is -0.369 e. The summed E-state index contributed by atoms with van der Waals surface area (Å²) in [5, 5.41) is -0.136. The molecule has 90 valence electrons. The molecule has 0 amide bonds. The normalized spacial score (nSPS) is 11.7. The van der Waals surface area contributed by atoms with Gasteiger partial charge in [0.15, 0.2) is 0 Å². The lowest BCUT2D eigenvalue weighted by atomic mass is 10.5. The Morgan fingerprint density at radius 1 is 1.07 bits per heavy atom. The van der Waals surface area contributed by atoms with Gasteiger partial charge in [-0.1, -0.05) is 0 Å².